The van der Waals surface area contributed by atoms with Gasteiger partial charge in [-0.2, -0.15) is 0 Å². The molecule has 0 nitrogen and oxygen atoms in total. The lowest BCUT2D eigenvalue weighted by atomic mass is 9.59. The van der Waals surface area contributed by atoms with Gasteiger partial charge in [-0.25, -0.2) is 0 Å². The lowest BCUT2D eigenvalue weighted by Crippen LogP contribution is -2.37. The van der Waals surface area contributed by atoms with Gasteiger partial charge in [-0.1, -0.05) is 61.3 Å². The molecule has 0 N–H and O–H groups in total. The highest BCUT2D eigenvalue weighted by atomic mass is 14.4. The predicted octanol–water partition coefficient (Wildman–Crippen LogP) is 4.89. The fourth-order valence-corrected chi connectivity index (χ4v) is 2.07. The van der Waals surface area contributed by atoms with E-state index in [0.29, 0.717) is 10.8 Å². The van der Waals surface area contributed by atoms with E-state index in [0.717, 1.165) is 5.92 Å². The molecular formula is C13H28. The normalized spacial score (nSPS) is 17.5. The van der Waals surface area contributed by atoms with Gasteiger partial charge in [-0.3, -0.25) is 0 Å². The van der Waals surface area contributed by atoms with Crippen LogP contribution < -0.4 is 0 Å². The largest absolute Gasteiger partial charge is 0.0654 e. The fourth-order valence-electron chi connectivity index (χ4n) is 2.07. The summed E-state index contributed by atoms with van der Waals surface area (Å²) in [7, 11) is 0. The fraction of sp³-hybridized carbons (Fsp3) is 1.00. The topological polar surface area (TPSA) is 0 Å². The van der Waals surface area contributed by atoms with Crippen LogP contribution in [0.2, 0.25) is 0 Å². The Morgan fingerprint density at radius 2 is 1.46 bits per heavy atom. The molecule has 1 unspecified atom stereocenters. The molecule has 0 aromatic rings. The number of hydrogen-bond donors (Lipinski definition) is 0. The minimum absolute atomic E-state index is 0.427. The van der Waals surface area contributed by atoms with Gasteiger partial charge in [0.15, 0.2) is 0 Å². The number of rotatable bonds is 4. The van der Waals surface area contributed by atoms with Gasteiger partial charge in [0, 0.05) is 0 Å². The van der Waals surface area contributed by atoms with Crippen molar-refractivity contribution in [3.8, 4) is 0 Å². The van der Waals surface area contributed by atoms with E-state index in [1.807, 2.05) is 0 Å². The zero-order valence-corrected chi connectivity index (χ0v) is 10.7. The molecule has 0 rings (SSSR count). The maximum Gasteiger partial charge on any atom is -0.0254 e. The summed E-state index contributed by atoms with van der Waals surface area (Å²) >= 11 is 0. The van der Waals surface area contributed by atoms with Gasteiger partial charge < -0.3 is 0 Å². The Hall–Kier alpha value is 0. The third kappa shape index (κ3) is 3.00. The quantitative estimate of drug-likeness (QED) is 0.584. The van der Waals surface area contributed by atoms with Crippen LogP contribution in [0.25, 0.3) is 0 Å². The molecule has 0 aromatic heterocycles. The Balaban J connectivity index is 4.54. The maximum atomic E-state index is 2.45. The van der Waals surface area contributed by atoms with E-state index >= 15 is 0 Å². The van der Waals surface area contributed by atoms with E-state index in [2.05, 4.69) is 48.5 Å². The van der Waals surface area contributed by atoms with Gasteiger partial charge >= 0.3 is 0 Å². The summed E-state index contributed by atoms with van der Waals surface area (Å²) in [6, 6.07) is 0. The Bertz CT molecular complexity index is 139. The summed E-state index contributed by atoms with van der Waals surface area (Å²) in [4.78, 5) is 0. The number of hydrogen-bond acceptors (Lipinski definition) is 0. The van der Waals surface area contributed by atoms with Crippen LogP contribution in [-0.2, 0) is 0 Å². The zero-order chi connectivity index (χ0) is 10.7. The molecule has 0 saturated heterocycles. The predicted molar refractivity (Wildman–Crippen MR) is 61.9 cm³/mol. The molecule has 0 amide bonds. The van der Waals surface area contributed by atoms with Crippen molar-refractivity contribution in [3.63, 3.8) is 0 Å². The van der Waals surface area contributed by atoms with E-state index < -0.39 is 0 Å². The first-order chi connectivity index (χ1) is 5.75. The summed E-state index contributed by atoms with van der Waals surface area (Å²) in [6.07, 6.45) is 4.05. The molecule has 13 heavy (non-hydrogen) atoms. The zero-order valence-electron chi connectivity index (χ0n) is 10.7. The highest BCUT2D eigenvalue weighted by Crippen LogP contribution is 2.47. The van der Waals surface area contributed by atoms with E-state index in [-0.39, 0.29) is 0 Å². The average Bonchev–Trinajstić information content (AvgIpc) is 1.97. The molecule has 0 bridgehead atoms. The molecule has 0 spiro atoms. The smallest absolute Gasteiger partial charge is 0.0254 e. The van der Waals surface area contributed by atoms with Crippen LogP contribution in [0.5, 0.6) is 0 Å². The highest BCUT2D eigenvalue weighted by molar-refractivity contribution is 4.88. The maximum absolute atomic E-state index is 2.45. The van der Waals surface area contributed by atoms with Crippen molar-refractivity contribution < 1.29 is 0 Å². The summed E-state index contributed by atoms with van der Waals surface area (Å²) in [5, 5.41) is 0. The van der Waals surface area contributed by atoms with E-state index in [4.69, 9.17) is 0 Å². The van der Waals surface area contributed by atoms with Crippen LogP contribution in [0, 0.1) is 16.7 Å². The Morgan fingerprint density at radius 1 is 1.00 bits per heavy atom. The monoisotopic (exact) mass is 184 g/mol. The van der Waals surface area contributed by atoms with Crippen molar-refractivity contribution in [1.29, 1.82) is 0 Å². The third-order valence-electron chi connectivity index (χ3n) is 4.04. The van der Waals surface area contributed by atoms with Gasteiger partial charge in [0.2, 0.25) is 0 Å². The minimum Gasteiger partial charge on any atom is -0.0654 e. The van der Waals surface area contributed by atoms with Gasteiger partial charge in [-0.05, 0) is 23.2 Å². The molecule has 0 heterocycles. The van der Waals surface area contributed by atoms with Crippen molar-refractivity contribution >= 4 is 0 Å². The molecule has 1 atom stereocenters. The second-order valence-electron chi connectivity index (χ2n) is 5.93. The van der Waals surface area contributed by atoms with Gasteiger partial charge in [0.05, 0.1) is 0 Å². The van der Waals surface area contributed by atoms with Crippen LogP contribution >= 0.6 is 0 Å². The first kappa shape index (κ1) is 13.0. The third-order valence-corrected chi connectivity index (χ3v) is 4.04. The van der Waals surface area contributed by atoms with Crippen molar-refractivity contribution in [2.45, 2.75) is 67.7 Å². The van der Waals surface area contributed by atoms with E-state index in [9.17, 15) is 0 Å². The molecule has 0 radical (unpaired) electrons. The summed E-state index contributed by atoms with van der Waals surface area (Å²) in [6.45, 7) is 16.6. The molecule has 0 aliphatic heterocycles. The summed E-state index contributed by atoms with van der Waals surface area (Å²) in [5.41, 5.74) is 0.916. The first-order valence-corrected chi connectivity index (χ1v) is 5.75. The molecule has 0 saturated carbocycles. The summed E-state index contributed by atoms with van der Waals surface area (Å²) in [5.74, 6) is 0.777. The Morgan fingerprint density at radius 3 is 1.69 bits per heavy atom. The lowest BCUT2D eigenvalue weighted by molar-refractivity contribution is 0.0390. The molecular weight excluding hydrogens is 156 g/mol. The SMILES string of the molecule is CCCCC(C)(C(C)C)C(C)(C)C. The molecule has 0 fully saturated rings. The first-order valence-electron chi connectivity index (χ1n) is 5.75. The molecule has 0 aliphatic carbocycles. The minimum atomic E-state index is 0.427. The standard InChI is InChI=1S/C13H28/c1-8-9-10-13(7,11(2)3)12(4,5)6/h11H,8-10H2,1-7H3. The number of unbranched alkanes of at least 4 members (excludes halogenated alkanes) is 1. The molecule has 0 aromatic carbocycles. The van der Waals surface area contributed by atoms with Crippen LogP contribution in [0.15, 0.2) is 0 Å². The molecule has 0 aliphatic rings. The van der Waals surface area contributed by atoms with Gasteiger partial charge in [0.1, 0.15) is 0 Å². The molecule has 0 heteroatoms. The van der Waals surface area contributed by atoms with Crippen molar-refractivity contribution in [2.24, 2.45) is 16.7 Å². The van der Waals surface area contributed by atoms with Gasteiger partial charge in [-0.15, -0.1) is 0 Å². The second-order valence-corrected chi connectivity index (χ2v) is 5.93. The van der Waals surface area contributed by atoms with Gasteiger partial charge in [0.25, 0.3) is 0 Å². The van der Waals surface area contributed by atoms with Crippen LogP contribution in [0.4, 0.5) is 0 Å². The summed E-state index contributed by atoms with van der Waals surface area (Å²) < 4.78 is 0. The second kappa shape index (κ2) is 4.48. The Kier molecular flexibility index (Phi) is 4.48. The Labute approximate surface area is 85.1 Å². The highest BCUT2D eigenvalue weighted by Gasteiger charge is 2.39. The van der Waals surface area contributed by atoms with Crippen LogP contribution in [0.3, 0.4) is 0 Å². The lowest BCUT2D eigenvalue weighted by Gasteiger charge is -2.46. The van der Waals surface area contributed by atoms with Crippen molar-refractivity contribution in [1.82, 2.24) is 0 Å². The van der Waals surface area contributed by atoms with Crippen molar-refractivity contribution in [2.75, 3.05) is 0 Å². The van der Waals surface area contributed by atoms with E-state index in [1.165, 1.54) is 19.3 Å². The van der Waals surface area contributed by atoms with Crippen LogP contribution in [0.1, 0.15) is 67.7 Å². The van der Waals surface area contributed by atoms with Crippen molar-refractivity contribution in [3.05, 3.63) is 0 Å². The van der Waals surface area contributed by atoms with Crippen LogP contribution in [-0.4, -0.2) is 0 Å². The molecule has 80 valence electrons. The average molecular weight is 184 g/mol. The van der Waals surface area contributed by atoms with E-state index in [1.54, 1.807) is 0 Å².